The number of amides is 1. The third-order valence-electron chi connectivity index (χ3n) is 1.33. The monoisotopic (exact) mass is 161 g/mol. The predicted molar refractivity (Wildman–Crippen MR) is 46.0 cm³/mol. The third kappa shape index (κ3) is 5.95. The Bertz CT molecular complexity index is 106. The van der Waals surface area contributed by atoms with Crippen molar-refractivity contribution in [1.82, 2.24) is 0 Å². The molecule has 1 atom stereocenters. The molecule has 0 aromatic carbocycles. The summed E-state index contributed by atoms with van der Waals surface area (Å²) in [5.41, 5.74) is 4.97. The van der Waals surface area contributed by atoms with Gasteiger partial charge in [0.05, 0.1) is 0 Å². The van der Waals surface area contributed by atoms with Crippen LogP contribution >= 0.6 is 11.8 Å². The molecule has 2 nitrogen and oxygen atoms in total. The summed E-state index contributed by atoms with van der Waals surface area (Å²) in [4.78, 5) is 10.3. The molecule has 0 aliphatic rings. The highest BCUT2D eigenvalue weighted by Crippen LogP contribution is 2.13. The van der Waals surface area contributed by atoms with Crippen molar-refractivity contribution < 1.29 is 4.79 Å². The maximum absolute atomic E-state index is 10.3. The summed E-state index contributed by atoms with van der Waals surface area (Å²) in [6, 6.07) is 0. The number of rotatable bonds is 5. The van der Waals surface area contributed by atoms with E-state index in [1.165, 1.54) is 0 Å². The molecule has 60 valence electrons. The summed E-state index contributed by atoms with van der Waals surface area (Å²) >= 11 is 1.80. The van der Waals surface area contributed by atoms with Crippen LogP contribution in [0.1, 0.15) is 26.7 Å². The molecule has 0 saturated carbocycles. The zero-order valence-corrected chi connectivity index (χ0v) is 7.41. The topological polar surface area (TPSA) is 43.1 Å². The highest BCUT2D eigenvalue weighted by Gasteiger charge is 1.99. The van der Waals surface area contributed by atoms with Crippen LogP contribution in [0, 0.1) is 0 Å². The molecule has 0 aromatic rings. The molecular weight excluding hydrogens is 146 g/mol. The Morgan fingerprint density at radius 3 is 2.70 bits per heavy atom. The minimum atomic E-state index is -0.198. The van der Waals surface area contributed by atoms with Crippen molar-refractivity contribution in [3.63, 3.8) is 0 Å². The lowest BCUT2D eigenvalue weighted by Gasteiger charge is -2.05. The van der Waals surface area contributed by atoms with Crippen LogP contribution in [0.5, 0.6) is 0 Å². The molecule has 2 N–H and O–H groups in total. The van der Waals surface area contributed by atoms with Gasteiger partial charge in [-0.15, -0.1) is 0 Å². The Kier molecular flexibility index (Phi) is 5.49. The fraction of sp³-hybridized carbons (Fsp3) is 0.857. The molecule has 0 aliphatic carbocycles. The van der Waals surface area contributed by atoms with Gasteiger partial charge in [0.1, 0.15) is 0 Å². The Labute approximate surface area is 66.6 Å². The van der Waals surface area contributed by atoms with Crippen LogP contribution < -0.4 is 5.73 Å². The molecule has 0 fully saturated rings. The van der Waals surface area contributed by atoms with Gasteiger partial charge in [-0.1, -0.05) is 13.8 Å². The second kappa shape index (κ2) is 5.59. The molecular formula is C7H15NOS. The Morgan fingerprint density at radius 1 is 1.70 bits per heavy atom. The zero-order chi connectivity index (χ0) is 7.98. The number of carbonyl (C=O) groups excluding carboxylic acids is 1. The number of carbonyl (C=O) groups is 1. The Balaban J connectivity index is 3.11. The zero-order valence-electron chi connectivity index (χ0n) is 6.59. The Hall–Kier alpha value is -0.180. The van der Waals surface area contributed by atoms with Gasteiger partial charge in [-0.2, -0.15) is 11.8 Å². The van der Waals surface area contributed by atoms with Gasteiger partial charge in [-0.05, 0) is 6.42 Å². The van der Waals surface area contributed by atoms with Gasteiger partial charge in [-0.3, -0.25) is 4.79 Å². The van der Waals surface area contributed by atoms with Crippen LogP contribution in [0.25, 0.3) is 0 Å². The van der Waals surface area contributed by atoms with Gasteiger partial charge in [0, 0.05) is 17.4 Å². The maximum atomic E-state index is 10.3. The molecule has 0 radical (unpaired) electrons. The number of thioether (sulfide) groups is 1. The first-order valence-corrected chi connectivity index (χ1v) is 4.61. The standard InChI is InChI=1S/C7H15NOS/c1-3-6(2)10-5-4-7(8)9/h6H,3-5H2,1-2H3,(H2,8,9). The van der Waals surface area contributed by atoms with Crippen LogP contribution in [0.3, 0.4) is 0 Å². The van der Waals surface area contributed by atoms with Crippen molar-refractivity contribution in [2.24, 2.45) is 5.73 Å². The molecule has 0 saturated heterocycles. The van der Waals surface area contributed by atoms with Crippen LogP contribution in [0.4, 0.5) is 0 Å². The fourth-order valence-corrected chi connectivity index (χ4v) is 1.44. The van der Waals surface area contributed by atoms with Crippen LogP contribution in [0.15, 0.2) is 0 Å². The largest absolute Gasteiger partial charge is 0.370 e. The second-order valence-electron chi connectivity index (χ2n) is 2.31. The van der Waals surface area contributed by atoms with Crippen molar-refractivity contribution in [2.45, 2.75) is 31.9 Å². The molecule has 3 heteroatoms. The lowest BCUT2D eigenvalue weighted by molar-refractivity contribution is -0.117. The first kappa shape index (κ1) is 9.82. The summed E-state index contributed by atoms with van der Waals surface area (Å²) in [6.07, 6.45) is 1.67. The highest BCUT2D eigenvalue weighted by atomic mass is 32.2. The second-order valence-corrected chi connectivity index (χ2v) is 3.85. The van der Waals surface area contributed by atoms with Crippen molar-refractivity contribution in [1.29, 1.82) is 0 Å². The summed E-state index contributed by atoms with van der Waals surface area (Å²) in [5.74, 6) is 0.667. The summed E-state index contributed by atoms with van der Waals surface area (Å²) in [7, 11) is 0. The van der Waals surface area contributed by atoms with E-state index in [1.54, 1.807) is 11.8 Å². The number of hydrogen-bond acceptors (Lipinski definition) is 2. The molecule has 0 aliphatic heterocycles. The smallest absolute Gasteiger partial charge is 0.218 e. The van der Waals surface area contributed by atoms with E-state index in [4.69, 9.17) is 5.73 Å². The van der Waals surface area contributed by atoms with Gasteiger partial charge in [0.25, 0.3) is 0 Å². The minimum Gasteiger partial charge on any atom is -0.370 e. The van der Waals surface area contributed by atoms with Crippen molar-refractivity contribution >= 4 is 17.7 Å². The lowest BCUT2D eigenvalue weighted by atomic mass is 10.4. The first-order chi connectivity index (χ1) is 4.66. The molecule has 1 unspecified atom stereocenters. The third-order valence-corrected chi connectivity index (χ3v) is 2.67. The van der Waals surface area contributed by atoms with Gasteiger partial charge in [0.15, 0.2) is 0 Å². The van der Waals surface area contributed by atoms with E-state index in [0.717, 1.165) is 12.2 Å². The minimum absolute atomic E-state index is 0.198. The molecule has 0 aromatic heterocycles. The Morgan fingerprint density at radius 2 is 2.30 bits per heavy atom. The molecule has 0 spiro atoms. The average molecular weight is 161 g/mol. The van der Waals surface area contributed by atoms with Crippen molar-refractivity contribution in [3.05, 3.63) is 0 Å². The summed E-state index contributed by atoms with van der Waals surface area (Å²) in [6.45, 7) is 4.30. The van der Waals surface area contributed by atoms with E-state index in [1.807, 2.05) is 0 Å². The summed E-state index contributed by atoms with van der Waals surface area (Å²) < 4.78 is 0. The fourth-order valence-electron chi connectivity index (χ4n) is 0.479. The molecule has 1 amide bonds. The first-order valence-electron chi connectivity index (χ1n) is 3.56. The van der Waals surface area contributed by atoms with Crippen LogP contribution in [-0.4, -0.2) is 16.9 Å². The van der Waals surface area contributed by atoms with Crippen molar-refractivity contribution in [2.75, 3.05) is 5.75 Å². The SMILES string of the molecule is CCC(C)SCCC(N)=O. The van der Waals surface area contributed by atoms with E-state index in [-0.39, 0.29) is 5.91 Å². The summed E-state index contributed by atoms with van der Waals surface area (Å²) in [5, 5.41) is 0.652. The maximum Gasteiger partial charge on any atom is 0.218 e. The molecule has 0 bridgehead atoms. The van der Waals surface area contributed by atoms with Crippen molar-refractivity contribution in [3.8, 4) is 0 Å². The van der Waals surface area contributed by atoms with E-state index >= 15 is 0 Å². The van der Waals surface area contributed by atoms with E-state index in [2.05, 4.69) is 13.8 Å². The number of nitrogens with two attached hydrogens (primary N) is 1. The van der Waals surface area contributed by atoms with Crippen LogP contribution in [-0.2, 0) is 4.79 Å². The highest BCUT2D eigenvalue weighted by molar-refractivity contribution is 7.99. The average Bonchev–Trinajstić information content (AvgIpc) is 1.87. The van der Waals surface area contributed by atoms with Gasteiger partial charge in [-0.25, -0.2) is 0 Å². The van der Waals surface area contributed by atoms with E-state index < -0.39 is 0 Å². The normalized spacial score (nSPS) is 13.0. The van der Waals surface area contributed by atoms with E-state index in [9.17, 15) is 4.79 Å². The van der Waals surface area contributed by atoms with Crippen LogP contribution in [0.2, 0.25) is 0 Å². The van der Waals surface area contributed by atoms with Gasteiger partial charge in [0.2, 0.25) is 5.91 Å². The van der Waals surface area contributed by atoms with Gasteiger partial charge >= 0.3 is 0 Å². The number of hydrogen-bond donors (Lipinski definition) is 1. The lowest BCUT2D eigenvalue weighted by Crippen LogP contribution is -2.11. The van der Waals surface area contributed by atoms with Gasteiger partial charge < -0.3 is 5.73 Å². The number of primary amides is 1. The molecule has 0 heterocycles. The predicted octanol–water partition coefficient (Wildman–Crippen LogP) is 1.39. The molecule has 0 rings (SSSR count). The van der Waals surface area contributed by atoms with E-state index in [0.29, 0.717) is 11.7 Å². The quantitative estimate of drug-likeness (QED) is 0.662. The molecule has 10 heavy (non-hydrogen) atoms.